The molecular formula is C16H12Cl2. The van der Waals surface area contributed by atoms with E-state index < -0.39 is 0 Å². The van der Waals surface area contributed by atoms with Gasteiger partial charge in [0.25, 0.3) is 0 Å². The van der Waals surface area contributed by atoms with Crippen molar-refractivity contribution in [3.8, 4) is 36.8 Å². The van der Waals surface area contributed by atoms with E-state index in [-0.39, 0.29) is 0 Å². The summed E-state index contributed by atoms with van der Waals surface area (Å²) in [5.74, 6) is 0. The van der Waals surface area contributed by atoms with E-state index in [1.54, 1.807) is 0 Å². The fraction of sp³-hybridized carbons (Fsp3) is 0. The Morgan fingerprint density at radius 2 is 0.833 bits per heavy atom. The third kappa shape index (κ3) is 4.19. The maximum absolute atomic E-state index is 6.07. The maximum atomic E-state index is 6.07. The van der Waals surface area contributed by atoms with E-state index in [4.69, 9.17) is 23.2 Å². The van der Waals surface area contributed by atoms with Gasteiger partial charge in [0, 0.05) is 21.2 Å². The Labute approximate surface area is 119 Å². The largest absolute Gasteiger partial charge is 0.124 e. The summed E-state index contributed by atoms with van der Waals surface area (Å²) >= 11 is 12.1. The molecule has 0 saturated heterocycles. The zero-order valence-electron chi connectivity index (χ0n) is 9.68. The lowest BCUT2D eigenvalue weighted by molar-refractivity contribution is 1.62. The normalized spacial score (nSPS) is 8.11. The van der Waals surface area contributed by atoms with Crippen LogP contribution in [0.4, 0.5) is 0 Å². The molecule has 0 nitrogen and oxygen atoms in total. The van der Waals surface area contributed by atoms with Crippen LogP contribution < -0.4 is 0 Å². The number of benzene rings is 2. The van der Waals surface area contributed by atoms with Gasteiger partial charge in [-0.05, 0) is 12.1 Å². The predicted molar refractivity (Wildman–Crippen MR) is 81.7 cm³/mol. The fourth-order valence-electron chi connectivity index (χ4n) is 1.36. The molecule has 2 aromatic rings. The van der Waals surface area contributed by atoms with Gasteiger partial charge in [-0.25, -0.2) is 0 Å². The molecule has 0 aliphatic rings. The van der Waals surface area contributed by atoms with Crippen molar-refractivity contribution in [2.45, 2.75) is 0 Å². The lowest BCUT2D eigenvalue weighted by Crippen LogP contribution is -1.79. The average molecular weight is 275 g/mol. The zero-order valence-corrected chi connectivity index (χ0v) is 11.2. The minimum Gasteiger partial charge on any atom is -0.124 e. The first-order valence-corrected chi connectivity index (χ1v) is 5.71. The molecule has 18 heavy (non-hydrogen) atoms. The summed E-state index contributed by atoms with van der Waals surface area (Å²) in [4.78, 5) is 0. The Bertz CT molecular complexity index is 475. The second-order valence-electron chi connectivity index (χ2n) is 2.96. The number of halogens is 2. The smallest absolute Gasteiger partial charge is 0.0484 e. The summed E-state index contributed by atoms with van der Waals surface area (Å²) in [5.41, 5.74) is 1.94. The van der Waals surface area contributed by atoms with Crippen LogP contribution in [0.2, 0.25) is 10.0 Å². The van der Waals surface area contributed by atoms with Crippen LogP contribution in [0.15, 0.2) is 48.5 Å². The van der Waals surface area contributed by atoms with Crippen molar-refractivity contribution in [2.24, 2.45) is 0 Å². The standard InChI is InChI=1S/C12H8Cl2.2C2H2/c13-11-7-3-1-5-9(11)10-6-2-4-8-12(10)14;2*1-2/h1-8H;2*1-2H. The monoisotopic (exact) mass is 274 g/mol. The van der Waals surface area contributed by atoms with Crippen LogP contribution in [0.1, 0.15) is 0 Å². The van der Waals surface area contributed by atoms with E-state index in [2.05, 4.69) is 25.7 Å². The minimum atomic E-state index is 0.723. The molecule has 2 heteroatoms. The van der Waals surface area contributed by atoms with Gasteiger partial charge in [0.1, 0.15) is 0 Å². The SMILES string of the molecule is C#C.C#C.Clc1ccccc1-c1ccccc1Cl. The molecular weight excluding hydrogens is 263 g/mol. The Balaban J connectivity index is 0.000000659. The van der Waals surface area contributed by atoms with Gasteiger partial charge in [0.2, 0.25) is 0 Å². The first kappa shape index (κ1) is 16.1. The topological polar surface area (TPSA) is 0 Å². The summed E-state index contributed by atoms with van der Waals surface area (Å²) in [6.07, 6.45) is 16.0. The number of terminal acetylenes is 2. The van der Waals surface area contributed by atoms with Crippen LogP contribution in [-0.2, 0) is 0 Å². The van der Waals surface area contributed by atoms with Gasteiger partial charge < -0.3 is 0 Å². The van der Waals surface area contributed by atoms with Crippen LogP contribution in [0.3, 0.4) is 0 Å². The highest BCUT2D eigenvalue weighted by Gasteiger charge is 2.04. The van der Waals surface area contributed by atoms with E-state index in [9.17, 15) is 0 Å². The van der Waals surface area contributed by atoms with E-state index in [0.717, 1.165) is 21.2 Å². The summed E-state index contributed by atoms with van der Waals surface area (Å²) in [5, 5.41) is 1.45. The Morgan fingerprint density at radius 1 is 0.556 bits per heavy atom. The molecule has 2 rings (SSSR count). The average Bonchev–Trinajstić information content (AvgIpc) is 2.45. The van der Waals surface area contributed by atoms with Gasteiger partial charge in [0.15, 0.2) is 0 Å². The fourth-order valence-corrected chi connectivity index (χ4v) is 1.83. The minimum absolute atomic E-state index is 0.723. The predicted octanol–water partition coefficient (Wildman–Crippen LogP) is 5.16. The van der Waals surface area contributed by atoms with Gasteiger partial charge in [-0.2, -0.15) is 0 Å². The zero-order chi connectivity index (χ0) is 14.0. The van der Waals surface area contributed by atoms with Gasteiger partial charge in [0.05, 0.1) is 0 Å². The molecule has 0 atom stereocenters. The molecule has 0 amide bonds. The highest BCUT2D eigenvalue weighted by molar-refractivity contribution is 6.36. The van der Waals surface area contributed by atoms with E-state index in [1.807, 2.05) is 48.5 Å². The number of rotatable bonds is 1. The Morgan fingerprint density at radius 3 is 1.11 bits per heavy atom. The molecule has 0 N–H and O–H groups in total. The quantitative estimate of drug-likeness (QED) is 0.631. The Kier molecular flexibility index (Phi) is 8.25. The van der Waals surface area contributed by atoms with Gasteiger partial charge in [-0.15, -0.1) is 25.7 Å². The van der Waals surface area contributed by atoms with Gasteiger partial charge >= 0.3 is 0 Å². The molecule has 0 aliphatic carbocycles. The molecule has 0 aromatic heterocycles. The maximum Gasteiger partial charge on any atom is 0.0484 e. The molecule has 0 unspecified atom stereocenters. The van der Waals surface area contributed by atoms with Crippen molar-refractivity contribution in [3.05, 3.63) is 58.6 Å². The van der Waals surface area contributed by atoms with Crippen LogP contribution in [0.5, 0.6) is 0 Å². The summed E-state index contributed by atoms with van der Waals surface area (Å²) < 4.78 is 0. The number of hydrogen-bond acceptors (Lipinski definition) is 0. The molecule has 90 valence electrons. The summed E-state index contributed by atoms with van der Waals surface area (Å²) in [7, 11) is 0. The molecule has 2 aromatic carbocycles. The molecule has 0 heterocycles. The third-order valence-electron chi connectivity index (χ3n) is 2.04. The van der Waals surface area contributed by atoms with Gasteiger partial charge in [-0.1, -0.05) is 59.6 Å². The van der Waals surface area contributed by atoms with E-state index >= 15 is 0 Å². The van der Waals surface area contributed by atoms with Crippen molar-refractivity contribution in [1.29, 1.82) is 0 Å². The van der Waals surface area contributed by atoms with Crippen molar-refractivity contribution in [1.82, 2.24) is 0 Å². The molecule has 0 bridgehead atoms. The van der Waals surface area contributed by atoms with Crippen molar-refractivity contribution in [3.63, 3.8) is 0 Å². The van der Waals surface area contributed by atoms with E-state index in [1.165, 1.54) is 0 Å². The van der Waals surface area contributed by atoms with Crippen molar-refractivity contribution >= 4 is 23.2 Å². The summed E-state index contributed by atoms with van der Waals surface area (Å²) in [6, 6.07) is 15.4. The van der Waals surface area contributed by atoms with Crippen molar-refractivity contribution < 1.29 is 0 Å². The first-order chi connectivity index (χ1) is 8.79. The molecule has 0 radical (unpaired) electrons. The second kappa shape index (κ2) is 9.20. The third-order valence-corrected chi connectivity index (χ3v) is 2.70. The van der Waals surface area contributed by atoms with Crippen LogP contribution >= 0.6 is 23.2 Å². The van der Waals surface area contributed by atoms with Crippen LogP contribution in [0, 0.1) is 25.7 Å². The van der Waals surface area contributed by atoms with E-state index in [0.29, 0.717) is 0 Å². The highest BCUT2D eigenvalue weighted by Crippen LogP contribution is 2.32. The molecule has 0 saturated carbocycles. The van der Waals surface area contributed by atoms with Crippen LogP contribution in [0.25, 0.3) is 11.1 Å². The lowest BCUT2D eigenvalue weighted by Gasteiger charge is -2.05. The first-order valence-electron chi connectivity index (χ1n) is 4.95. The second-order valence-corrected chi connectivity index (χ2v) is 3.77. The molecule has 0 spiro atoms. The van der Waals surface area contributed by atoms with Crippen LogP contribution in [-0.4, -0.2) is 0 Å². The Hall–Kier alpha value is -1.86. The molecule has 0 aliphatic heterocycles. The summed E-state index contributed by atoms with van der Waals surface area (Å²) in [6.45, 7) is 0. The lowest BCUT2D eigenvalue weighted by atomic mass is 10.1. The van der Waals surface area contributed by atoms with Crippen molar-refractivity contribution in [2.75, 3.05) is 0 Å². The highest BCUT2D eigenvalue weighted by atomic mass is 35.5. The van der Waals surface area contributed by atoms with Gasteiger partial charge in [-0.3, -0.25) is 0 Å². The number of hydrogen-bond donors (Lipinski definition) is 0. The molecule has 0 fully saturated rings.